The Balaban J connectivity index is 2.31. The Morgan fingerprint density at radius 2 is 1.78 bits per heavy atom. The fourth-order valence-corrected chi connectivity index (χ4v) is 2.08. The van der Waals surface area contributed by atoms with Gasteiger partial charge >= 0.3 is 0 Å². The first-order chi connectivity index (χ1) is 8.75. The van der Waals surface area contributed by atoms with Crippen LogP contribution in [0.2, 0.25) is 5.02 Å². The Labute approximate surface area is 108 Å². The van der Waals surface area contributed by atoms with Crippen LogP contribution >= 0.6 is 11.6 Å². The molecule has 0 radical (unpaired) electrons. The zero-order valence-electron chi connectivity index (χ0n) is 9.39. The maximum atomic E-state index is 12.3. The van der Waals surface area contributed by atoms with Gasteiger partial charge in [0.2, 0.25) is 0 Å². The first kappa shape index (κ1) is 11.1. The molecular formula is C15H9ClO2. The highest BCUT2D eigenvalue weighted by atomic mass is 35.5. The molecule has 0 spiro atoms. The number of hydrogen-bond donors (Lipinski definition) is 0. The van der Waals surface area contributed by atoms with Gasteiger partial charge in [0.05, 0.1) is 10.9 Å². The molecule has 0 aliphatic rings. The average molecular weight is 257 g/mol. The van der Waals surface area contributed by atoms with Crippen molar-refractivity contribution in [2.24, 2.45) is 0 Å². The van der Waals surface area contributed by atoms with Crippen LogP contribution in [0.5, 0.6) is 0 Å². The standard InChI is InChI=1S/C15H9ClO2/c16-11-6-7-12-14(8-11)18-9-13(15(12)17)10-4-2-1-3-5-10/h1-9H. The molecule has 2 nitrogen and oxygen atoms in total. The van der Waals surface area contributed by atoms with Crippen molar-refractivity contribution in [1.29, 1.82) is 0 Å². The van der Waals surface area contributed by atoms with Crippen molar-refractivity contribution in [3.63, 3.8) is 0 Å². The van der Waals surface area contributed by atoms with Gasteiger partial charge in [-0.3, -0.25) is 4.79 Å². The Kier molecular flexibility index (Phi) is 2.65. The summed E-state index contributed by atoms with van der Waals surface area (Å²) in [7, 11) is 0. The fourth-order valence-electron chi connectivity index (χ4n) is 1.92. The van der Waals surface area contributed by atoms with Gasteiger partial charge in [-0.1, -0.05) is 41.9 Å². The van der Waals surface area contributed by atoms with E-state index in [1.54, 1.807) is 18.2 Å². The summed E-state index contributed by atoms with van der Waals surface area (Å²) in [5, 5.41) is 1.10. The van der Waals surface area contributed by atoms with Gasteiger partial charge in [-0.25, -0.2) is 0 Å². The van der Waals surface area contributed by atoms with Crippen molar-refractivity contribution >= 4 is 22.6 Å². The zero-order chi connectivity index (χ0) is 12.5. The van der Waals surface area contributed by atoms with Crippen molar-refractivity contribution in [1.82, 2.24) is 0 Å². The third-order valence-corrected chi connectivity index (χ3v) is 3.06. The smallest absolute Gasteiger partial charge is 0.200 e. The van der Waals surface area contributed by atoms with E-state index >= 15 is 0 Å². The molecule has 0 atom stereocenters. The van der Waals surface area contributed by atoms with Crippen LogP contribution < -0.4 is 5.43 Å². The van der Waals surface area contributed by atoms with E-state index in [1.165, 1.54) is 6.26 Å². The molecule has 0 aliphatic heterocycles. The molecule has 3 rings (SSSR count). The van der Waals surface area contributed by atoms with Crippen molar-refractivity contribution in [2.45, 2.75) is 0 Å². The first-order valence-corrected chi connectivity index (χ1v) is 5.90. The number of halogens is 1. The summed E-state index contributed by atoms with van der Waals surface area (Å²) in [5.74, 6) is 0. The van der Waals surface area contributed by atoms with E-state index in [-0.39, 0.29) is 5.43 Å². The molecule has 3 heteroatoms. The maximum absolute atomic E-state index is 12.3. The first-order valence-electron chi connectivity index (χ1n) is 5.52. The summed E-state index contributed by atoms with van der Waals surface area (Å²) in [6.45, 7) is 0. The second-order valence-corrected chi connectivity index (χ2v) is 4.42. The van der Waals surface area contributed by atoms with Crippen LogP contribution in [0.25, 0.3) is 22.1 Å². The van der Waals surface area contributed by atoms with E-state index in [0.717, 1.165) is 5.56 Å². The summed E-state index contributed by atoms with van der Waals surface area (Å²) >= 11 is 5.87. The van der Waals surface area contributed by atoms with Crippen LogP contribution in [-0.2, 0) is 0 Å². The van der Waals surface area contributed by atoms with E-state index in [2.05, 4.69) is 0 Å². The molecule has 3 aromatic rings. The second kappa shape index (κ2) is 4.31. The summed E-state index contributed by atoms with van der Waals surface area (Å²) in [6, 6.07) is 14.5. The monoisotopic (exact) mass is 256 g/mol. The third-order valence-electron chi connectivity index (χ3n) is 2.82. The largest absolute Gasteiger partial charge is 0.463 e. The van der Waals surface area contributed by atoms with Gasteiger partial charge in [-0.2, -0.15) is 0 Å². The molecule has 0 aliphatic carbocycles. The van der Waals surface area contributed by atoms with Crippen LogP contribution in [0.4, 0.5) is 0 Å². The summed E-state index contributed by atoms with van der Waals surface area (Å²) in [5.41, 5.74) is 1.87. The lowest BCUT2D eigenvalue weighted by Gasteiger charge is -2.02. The number of hydrogen-bond acceptors (Lipinski definition) is 2. The topological polar surface area (TPSA) is 30.2 Å². The van der Waals surface area contributed by atoms with E-state index in [0.29, 0.717) is 21.6 Å². The summed E-state index contributed by atoms with van der Waals surface area (Å²) in [6.07, 6.45) is 1.48. The molecule has 0 amide bonds. The number of benzene rings is 2. The molecule has 0 unspecified atom stereocenters. The van der Waals surface area contributed by atoms with E-state index < -0.39 is 0 Å². The minimum absolute atomic E-state index is 0.0425. The predicted octanol–water partition coefficient (Wildman–Crippen LogP) is 4.11. The van der Waals surface area contributed by atoms with Crippen LogP contribution in [0, 0.1) is 0 Å². The lowest BCUT2D eigenvalue weighted by atomic mass is 10.1. The van der Waals surface area contributed by atoms with E-state index in [9.17, 15) is 4.79 Å². The Bertz CT molecular complexity index is 760. The van der Waals surface area contributed by atoms with Gasteiger partial charge in [0.25, 0.3) is 0 Å². The normalized spacial score (nSPS) is 10.7. The van der Waals surface area contributed by atoms with E-state index in [1.807, 2.05) is 30.3 Å². The number of fused-ring (bicyclic) bond motifs is 1. The second-order valence-electron chi connectivity index (χ2n) is 3.99. The molecule has 0 fully saturated rings. The van der Waals surface area contributed by atoms with Crippen LogP contribution in [0.15, 0.2) is 64.0 Å². The van der Waals surface area contributed by atoms with Crippen molar-refractivity contribution < 1.29 is 4.42 Å². The van der Waals surface area contributed by atoms with Gasteiger partial charge in [-0.15, -0.1) is 0 Å². The Hall–Kier alpha value is -2.06. The van der Waals surface area contributed by atoms with Gasteiger partial charge in [0.15, 0.2) is 5.43 Å². The zero-order valence-corrected chi connectivity index (χ0v) is 10.1. The highest BCUT2D eigenvalue weighted by Crippen LogP contribution is 2.21. The van der Waals surface area contributed by atoms with Gasteiger partial charge in [0.1, 0.15) is 11.8 Å². The highest BCUT2D eigenvalue weighted by molar-refractivity contribution is 6.31. The lowest BCUT2D eigenvalue weighted by molar-refractivity contribution is 0.604. The lowest BCUT2D eigenvalue weighted by Crippen LogP contribution is -2.04. The van der Waals surface area contributed by atoms with Crippen LogP contribution in [0.1, 0.15) is 0 Å². The number of rotatable bonds is 1. The molecule has 1 heterocycles. The van der Waals surface area contributed by atoms with Crippen LogP contribution in [0.3, 0.4) is 0 Å². The molecule has 2 aromatic carbocycles. The molecule has 0 bridgehead atoms. The van der Waals surface area contributed by atoms with Crippen molar-refractivity contribution in [2.75, 3.05) is 0 Å². The van der Waals surface area contributed by atoms with Crippen molar-refractivity contribution in [3.8, 4) is 11.1 Å². The predicted molar refractivity (Wildman–Crippen MR) is 72.9 cm³/mol. The molecule has 0 saturated heterocycles. The minimum atomic E-state index is -0.0425. The maximum Gasteiger partial charge on any atom is 0.200 e. The average Bonchev–Trinajstić information content (AvgIpc) is 2.40. The molecule has 18 heavy (non-hydrogen) atoms. The Morgan fingerprint density at radius 3 is 2.56 bits per heavy atom. The van der Waals surface area contributed by atoms with Gasteiger partial charge < -0.3 is 4.42 Å². The summed E-state index contributed by atoms with van der Waals surface area (Å²) < 4.78 is 5.47. The molecule has 0 saturated carbocycles. The molecule has 88 valence electrons. The quantitative estimate of drug-likeness (QED) is 0.656. The highest BCUT2D eigenvalue weighted by Gasteiger charge is 2.08. The minimum Gasteiger partial charge on any atom is -0.463 e. The van der Waals surface area contributed by atoms with Crippen molar-refractivity contribution in [3.05, 3.63) is 70.0 Å². The summed E-state index contributed by atoms with van der Waals surface area (Å²) in [4.78, 5) is 12.3. The molecular weight excluding hydrogens is 248 g/mol. The van der Waals surface area contributed by atoms with Gasteiger partial charge in [0, 0.05) is 11.1 Å². The Morgan fingerprint density at radius 1 is 1.00 bits per heavy atom. The van der Waals surface area contributed by atoms with E-state index in [4.69, 9.17) is 16.0 Å². The SMILES string of the molecule is O=c1c(-c2ccccc2)coc2cc(Cl)ccc12. The molecule has 1 aromatic heterocycles. The molecule has 0 N–H and O–H groups in total. The fraction of sp³-hybridized carbons (Fsp3) is 0. The van der Waals surface area contributed by atoms with Gasteiger partial charge in [-0.05, 0) is 17.7 Å². The van der Waals surface area contributed by atoms with Crippen LogP contribution in [-0.4, -0.2) is 0 Å². The third kappa shape index (κ3) is 1.81.